The lowest BCUT2D eigenvalue weighted by molar-refractivity contribution is -0.120. The van der Waals surface area contributed by atoms with E-state index in [0.29, 0.717) is 16.9 Å². The first-order valence-corrected chi connectivity index (χ1v) is 8.15. The number of primary amides is 1. The van der Waals surface area contributed by atoms with Gasteiger partial charge in [0.15, 0.2) is 5.78 Å². The largest absolute Gasteiger partial charge is 0.489 e. The number of carboxylic acid groups (broad SMARTS) is 1. The quantitative estimate of drug-likeness (QED) is 0.583. The second-order valence-electron chi connectivity index (χ2n) is 5.77. The average molecular weight is 374 g/mol. The van der Waals surface area contributed by atoms with Gasteiger partial charge < -0.3 is 20.9 Å². The molecule has 8 heteroatoms. The van der Waals surface area contributed by atoms with Crippen molar-refractivity contribution in [1.82, 2.24) is 5.32 Å². The van der Waals surface area contributed by atoms with E-state index < -0.39 is 18.0 Å². The number of benzene rings is 2. The van der Waals surface area contributed by atoms with Gasteiger partial charge in [-0.2, -0.15) is 0 Å². The first kappa shape index (κ1) is 19.9. The third-order valence-electron chi connectivity index (χ3n) is 3.83. The van der Waals surface area contributed by atoms with Gasteiger partial charge >= 0.3 is 6.09 Å². The Morgan fingerprint density at radius 3 is 2.37 bits per heavy atom. The van der Waals surface area contributed by atoms with Crippen molar-refractivity contribution in [3.8, 4) is 5.75 Å². The normalized spacial score (nSPS) is 11.4. The third kappa shape index (κ3) is 6.10. The Balaban J connectivity index is 1.90. The van der Waals surface area contributed by atoms with Gasteiger partial charge in [0, 0.05) is 17.5 Å². The molecule has 0 aliphatic rings. The summed E-state index contributed by atoms with van der Waals surface area (Å²) in [6.07, 6.45) is -1.47. The maximum Gasteiger partial charge on any atom is 0.405 e. The fourth-order valence-electron chi connectivity index (χ4n) is 2.37. The number of carbonyl (C=O) groups is 3. The summed E-state index contributed by atoms with van der Waals surface area (Å²) in [5.41, 5.74) is 5.90. The summed E-state index contributed by atoms with van der Waals surface area (Å²) in [5.74, 6) is -1.00. The van der Waals surface area contributed by atoms with Crippen LogP contribution in [0.4, 0.5) is 9.18 Å². The van der Waals surface area contributed by atoms with Crippen molar-refractivity contribution < 1.29 is 28.6 Å². The highest BCUT2D eigenvalue weighted by Gasteiger charge is 2.19. The number of nitrogens with two attached hydrogens (primary N) is 1. The number of carbonyl (C=O) groups excluding carboxylic acids is 2. The lowest BCUT2D eigenvalue weighted by Crippen LogP contribution is -2.44. The Kier molecular flexibility index (Phi) is 6.87. The molecule has 2 rings (SSSR count). The van der Waals surface area contributed by atoms with Crippen molar-refractivity contribution in [2.45, 2.75) is 25.5 Å². The van der Waals surface area contributed by atoms with Crippen LogP contribution in [0.3, 0.4) is 0 Å². The van der Waals surface area contributed by atoms with Crippen molar-refractivity contribution in [3.05, 3.63) is 65.5 Å². The molecule has 0 unspecified atom stereocenters. The van der Waals surface area contributed by atoms with Crippen LogP contribution in [0, 0.1) is 5.82 Å². The van der Waals surface area contributed by atoms with Crippen LogP contribution in [0.5, 0.6) is 5.75 Å². The topological polar surface area (TPSA) is 119 Å². The highest BCUT2D eigenvalue weighted by atomic mass is 19.1. The maximum absolute atomic E-state index is 13.5. The number of amides is 2. The number of hydrogen-bond donors (Lipinski definition) is 3. The summed E-state index contributed by atoms with van der Waals surface area (Å²) in [6, 6.07) is 11.4. The predicted molar refractivity (Wildman–Crippen MR) is 94.9 cm³/mol. The van der Waals surface area contributed by atoms with Crippen molar-refractivity contribution in [1.29, 1.82) is 0 Å². The van der Waals surface area contributed by atoms with E-state index in [1.807, 2.05) is 5.32 Å². The number of rotatable bonds is 9. The van der Waals surface area contributed by atoms with E-state index in [9.17, 15) is 18.8 Å². The molecular formula is C19H19FN2O5. The summed E-state index contributed by atoms with van der Waals surface area (Å²) in [5, 5.41) is 10.6. The van der Waals surface area contributed by atoms with Crippen LogP contribution < -0.4 is 15.8 Å². The molecule has 0 saturated heterocycles. The van der Waals surface area contributed by atoms with Gasteiger partial charge in [-0.3, -0.25) is 9.59 Å². The lowest BCUT2D eigenvalue weighted by atomic mass is 10.0. The molecule has 0 aliphatic heterocycles. The van der Waals surface area contributed by atoms with Crippen LogP contribution in [0.25, 0.3) is 0 Å². The van der Waals surface area contributed by atoms with Crippen LogP contribution >= 0.6 is 0 Å². The number of Topliss-reactive ketones (excluding diaryl/α,β-unsaturated/α-hetero) is 1. The fourth-order valence-corrected chi connectivity index (χ4v) is 2.37. The summed E-state index contributed by atoms with van der Waals surface area (Å²) in [4.78, 5) is 34.0. The lowest BCUT2D eigenvalue weighted by Gasteiger charge is -2.12. The third-order valence-corrected chi connectivity index (χ3v) is 3.83. The summed E-state index contributed by atoms with van der Waals surface area (Å²) < 4.78 is 19.0. The van der Waals surface area contributed by atoms with Crippen molar-refractivity contribution in [3.63, 3.8) is 0 Å². The Morgan fingerprint density at radius 1 is 1.11 bits per heavy atom. The summed E-state index contributed by atoms with van der Waals surface area (Å²) in [7, 11) is 0. The van der Waals surface area contributed by atoms with E-state index in [4.69, 9.17) is 15.6 Å². The smallest absolute Gasteiger partial charge is 0.405 e. The first-order chi connectivity index (χ1) is 12.9. The molecule has 2 amide bonds. The van der Waals surface area contributed by atoms with E-state index >= 15 is 0 Å². The number of halogens is 1. The van der Waals surface area contributed by atoms with Gasteiger partial charge in [0.05, 0.1) is 0 Å². The molecule has 2 aromatic rings. The van der Waals surface area contributed by atoms with E-state index in [-0.39, 0.29) is 31.0 Å². The van der Waals surface area contributed by atoms with Gasteiger partial charge in [-0.05, 0) is 36.8 Å². The Labute approximate surface area is 154 Å². The standard InChI is InChI=1S/C19H19FN2O5/c20-15-4-2-1-3-13(15)11-27-14-7-5-12(6-8-14)17(23)10-9-16(18(21)24)22-19(25)26/h1-8,16,22H,9-11H2,(H2,21,24)(H,25,26)/t16-/m0/s1. The van der Waals surface area contributed by atoms with E-state index in [1.54, 1.807) is 42.5 Å². The maximum atomic E-state index is 13.5. The van der Waals surface area contributed by atoms with E-state index in [0.717, 1.165) is 0 Å². The van der Waals surface area contributed by atoms with Crippen LogP contribution in [0.1, 0.15) is 28.8 Å². The number of nitrogens with one attached hydrogen (secondary N) is 1. The predicted octanol–water partition coefficient (Wildman–Crippen LogP) is 2.49. The van der Waals surface area contributed by atoms with Gasteiger partial charge in [0.1, 0.15) is 24.2 Å². The molecule has 0 bridgehead atoms. The minimum Gasteiger partial charge on any atom is -0.489 e. The van der Waals surface area contributed by atoms with E-state index in [1.165, 1.54) is 6.07 Å². The Hall–Kier alpha value is -3.42. The van der Waals surface area contributed by atoms with Crippen LogP contribution in [-0.2, 0) is 11.4 Å². The van der Waals surface area contributed by atoms with E-state index in [2.05, 4.69) is 0 Å². The highest BCUT2D eigenvalue weighted by molar-refractivity contribution is 5.96. The molecule has 0 aliphatic carbocycles. The van der Waals surface area contributed by atoms with Gasteiger partial charge in [0.2, 0.25) is 5.91 Å². The average Bonchev–Trinajstić information content (AvgIpc) is 2.64. The molecule has 0 aromatic heterocycles. The minimum absolute atomic E-state index is 0.0357. The van der Waals surface area contributed by atoms with Crippen LogP contribution in [0.15, 0.2) is 48.5 Å². The molecule has 4 N–H and O–H groups in total. The van der Waals surface area contributed by atoms with Gasteiger partial charge in [0.25, 0.3) is 0 Å². The molecule has 0 heterocycles. The monoisotopic (exact) mass is 374 g/mol. The molecule has 0 spiro atoms. The minimum atomic E-state index is -1.39. The molecule has 0 radical (unpaired) electrons. The van der Waals surface area contributed by atoms with Crippen LogP contribution in [-0.4, -0.2) is 28.9 Å². The molecule has 0 fully saturated rings. The fraction of sp³-hybridized carbons (Fsp3) is 0.211. The summed E-state index contributed by atoms with van der Waals surface area (Å²) >= 11 is 0. The molecule has 1 atom stereocenters. The second kappa shape index (κ2) is 9.33. The molecule has 2 aromatic carbocycles. The molecule has 142 valence electrons. The number of hydrogen-bond acceptors (Lipinski definition) is 4. The molecular weight excluding hydrogens is 355 g/mol. The molecule has 7 nitrogen and oxygen atoms in total. The Bertz CT molecular complexity index is 823. The number of ether oxygens (including phenoxy) is 1. The van der Waals surface area contributed by atoms with Gasteiger partial charge in [-0.15, -0.1) is 0 Å². The SMILES string of the molecule is NC(=O)[C@H](CCC(=O)c1ccc(OCc2ccccc2F)cc1)NC(=O)O. The Morgan fingerprint density at radius 2 is 1.78 bits per heavy atom. The van der Waals surface area contributed by atoms with Crippen molar-refractivity contribution in [2.24, 2.45) is 5.73 Å². The zero-order valence-corrected chi connectivity index (χ0v) is 14.4. The van der Waals surface area contributed by atoms with Gasteiger partial charge in [-0.1, -0.05) is 18.2 Å². The molecule has 27 heavy (non-hydrogen) atoms. The van der Waals surface area contributed by atoms with Crippen molar-refractivity contribution in [2.75, 3.05) is 0 Å². The van der Waals surface area contributed by atoms with Crippen molar-refractivity contribution >= 4 is 17.8 Å². The second-order valence-corrected chi connectivity index (χ2v) is 5.77. The van der Waals surface area contributed by atoms with Gasteiger partial charge in [-0.25, -0.2) is 9.18 Å². The first-order valence-electron chi connectivity index (χ1n) is 8.15. The molecule has 0 saturated carbocycles. The van der Waals surface area contributed by atoms with Crippen LogP contribution in [0.2, 0.25) is 0 Å². The highest BCUT2D eigenvalue weighted by Crippen LogP contribution is 2.17. The zero-order chi connectivity index (χ0) is 19.8. The summed E-state index contributed by atoms with van der Waals surface area (Å²) in [6.45, 7) is 0.0567. The number of ketones is 1. The zero-order valence-electron chi connectivity index (χ0n) is 14.4.